The Morgan fingerprint density at radius 1 is 1.10 bits per heavy atom. The minimum Gasteiger partial charge on any atom is -0.439 e. The van der Waals surface area contributed by atoms with E-state index in [1.54, 1.807) is 6.07 Å². The number of nitrogens with zero attached hydrogens (tertiary/aromatic N) is 2. The molecule has 0 unspecified atom stereocenters. The minimum atomic E-state index is -0.0138. The van der Waals surface area contributed by atoms with E-state index in [4.69, 9.17) is 10.6 Å². The molecule has 3 N–H and O–H groups in total. The predicted octanol–water partition coefficient (Wildman–Crippen LogP) is 3.47. The summed E-state index contributed by atoms with van der Waals surface area (Å²) in [6.07, 6.45) is 0. The van der Waals surface area contributed by atoms with E-state index in [1.807, 2.05) is 19.9 Å². The van der Waals surface area contributed by atoms with E-state index < -0.39 is 0 Å². The molecule has 1 heterocycles. The van der Waals surface area contributed by atoms with Crippen LogP contribution in [0.25, 0.3) is 0 Å². The van der Waals surface area contributed by atoms with Gasteiger partial charge in [0.15, 0.2) is 0 Å². The maximum Gasteiger partial charge on any atom is 0.240 e. The Morgan fingerprint density at radius 2 is 1.81 bits per heavy atom. The van der Waals surface area contributed by atoms with E-state index in [2.05, 4.69) is 48.3 Å². The average Bonchev–Trinajstić information content (AvgIpc) is 2.36. The van der Waals surface area contributed by atoms with Gasteiger partial charge in [0, 0.05) is 17.3 Å². The molecular formula is C16H22N4O. The van der Waals surface area contributed by atoms with Crippen LogP contribution in [0.1, 0.15) is 37.6 Å². The van der Waals surface area contributed by atoms with Gasteiger partial charge in [-0.2, -0.15) is 4.98 Å². The number of nitrogen functional groups attached to an aromatic ring is 1. The van der Waals surface area contributed by atoms with Crippen LogP contribution in [0.2, 0.25) is 0 Å². The van der Waals surface area contributed by atoms with Crippen molar-refractivity contribution >= 4 is 5.95 Å². The molecule has 0 spiro atoms. The molecule has 0 amide bonds. The second-order valence-electron chi connectivity index (χ2n) is 6.17. The molecule has 112 valence electrons. The molecule has 0 aliphatic heterocycles. The Labute approximate surface area is 125 Å². The van der Waals surface area contributed by atoms with Crippen LogP contribution in [-0.2, 0) is 5.41 Å². The monoisotopic (exact) mass is 286 g/mol. The lowest BCUT2D eigenvalue weighted by atomic mass is 9.86. The molecule has 0 aliphatic rings. The second-order valence-corrected chi connectivity index (χ2v) is 6.17. The van der Waals surface area contributed by atoms with Crippen LogP contribution in [0.4, 0.5) is 5.95 Å². The molecule has 0 fully saturated rings. The highest BCUT2D eigenvalue weighted by Crippen LogP contribution is 2.34. The van der Waals surface area contributed by atoms with E-state index in [0.717, 1.165) is 22.6 Å². The average molecular weight is 286 g/mol. The third-order valence-corrected chi connectivity index (χ3v) is 3.12. The van der Waals surface area contributed by atoms with Gasteiger partial charge in [-0.05, 0) is 30.9 Å². The molecule has 0 saturated heterocycles. The summed E-state index contributed by atoms with van der Waals surface area (Å²) in [5, 5.41) is 0. The van der Waals surface area contributed by atoms with Crippen LogP contribution < -0.4 is 16.0 Å². The fourth-order valence-corrected chi connectivity index (χ4v) is 2.10. The van der Waals surface area contributed by atoms with Gasteiger partial charge in [-0.3, -0.25) is 5.43 Å². The molecule has 0 radical (unpaired) electrons. The fraction of sp³-hybridized carbons (Fsp3) is 0.375. The number of aryl methyl sites for hydroxylation is 2. The van der Waals surface area contributed by atoms with Gasteiger partial charge < -0.3 is 4.74 Å². The summed E-state index contributed by atoms with van der Waals surface area (Å²) >= 11 is 0. The van der Waals surface area contributed by atoms with Crippen LogP contribution >= 0.6 is 0 Å². The topological polar surface area (TPSA) is 73.1 Å². The zero-order valence-electron chi connectivity index (χ0n) is 13.2. The number of rotatable bonds is 3. The van der Waals surface area contributed by atoms with Gasteiger partial charge in [-0.25, -0.2) is 10.8 Å². The molecule has 5 nitrogen and oxygen atoms in total. The summed E-state index contributed by atoms with van der Waals surface area (Å²) in [5.41, 5.74) is 5.49. The van der Waals surface area contributed by atoms with Gasteiger partial charge in [0.25, 0.3) is 0 Å². The Morgan fingerprint density at radius 3 is 2.43 bits per heavy atom. The van der Waals surface area contributed by atoms with Crippen LogP contribution in [0.5, 0.6) is 11.6 Å². The lowest BCUT2D eigenvalue weighted by Crippen LogP contribution is -2.14. The van der Waals surface area contributed by atoms with E-state index >= 15 is 0 Å². The summed E-state index contributed by atoms with van der Waals surface area (Å²) in [7, 11) is 0. The Hall–Kier alpha value is -2.14. The number of hydrogen-bond acceptors (Lipinski definition) is 5. The van der Waals surface area contributed by atoms with Crippen molar-refractivity contribution in [2.75, 3.05) is 5.43 Å². The van der Waals surface area contributed by atoms with Crippen molar-refractivity contribution in [2.45, 2.75) is 40.0 Å². The Kier molecular flexibility index (Phi) is 4.14. The maximum absolute atomic E-state index is 5.99. The first-order valence-corrected chi connectivity index (χ1v) is 6.91. The van der Waals surface area contributed by atoms with Gasteiger partial charge in [-0.15, -0.1) is 0 Å². The summed E-state index contributed by atoms with van der Waals surface area (Å²) in [5.74, 6) is 7.00. The molecule has 1 aromatic carbocycles. The highest BCUT2D eigenvalue weighted by Gasteiger charge is 2.20. The smallest absolute Gasteiger partial charge is 0.240 e. The highest BCUT2D eigenvalue weighted by atomic mass is 16.5. The third-order valence-electron chi connectivity index (χ3n) is 3.12. The van der Waals surface area contributed by atoms with Crippen molar-refractivity contribution in [3.05, 3.63) is 41.1 Å². The van der Waals surface area contributed by atoms with E-state index in [1.165, 1.54) is 0 Å². The zero-order chi connectivity index (χ0) is 15.6. The summed E-state index contributed by atoms with van der Waals surface area (Å²) in [6.45, 7) is 10.4. The first-order chi connectivity index (χ1) is 9.79. The molecule has 1 aromatic heterocycles. The first-order valence-electron chi connectivity index (χ1n) is 6.91. The molecule has 21 heavy (non-hydrogen) atoms. The SMILES string of the molecule is Cc1ccc(C(C)(C)C)c(Oc2cc(C)nc(NN)n2)c1. The first kappa shape index (κ1) is 15.3. The number of nitrogens with one attached hydrogen (secondary N) is 1. The van der Waals surface area contributed by atoms with Gasteiger partial charge in [-0.1, -0.05) is 32.9 Å². The summed E-state index contributed by atoms with van der Waals surface area (Å²) in [4.78, 5) is 8.39. The molecule has 0 atom stereocenters. The quantitative estimate of drug-likeness (QED) is 0.667. The summed E-state index contributed by atoms with van der Waals surface area (Å²) < 4.78 is 5.99. The van der Waals surface area contributed by atoms with Gasteiger partial charge in [0.05, 0.1) is 0 Å². The lowest BCUT2D eigenvalue weighted by molar-refractivity contribution is 0.438. The van der Waals surface area contributed by atoms with Gasteiger partial charge in [0.2, 0.25) is 11.8 Å². The van der Waals surface area contributed by atoms with Crippen molar-refractivity contribution in [2.24, 2.45) is 5.84 Å². The van der Waals surface area contributed by atoms with Crippen molar-refractivity contribution in [1.29, 1.82) is 0 Å². The number of aromatic nitrogens is 2. The van der Waals surface area contributed by atoms with Crippen molar-refractivity contribution in [3.63, 3.8) is 0 Å². The molecular weight excluding hydrogens is 264 g/mol. The normalized spacial score (nSPS) is 11.3. The number of benzene rings is 1. The molecule has 0 saturated carbocycles. The van der Waals surface area contributed by atoms with Crippen LogP contribution in [0, 0.1) is 13.8 Å². The van der Waals surface area contributed by atoms with E-state index in [-0.39, 0.29) is 5.41 Å². The second kappa shape index (κ2) is 5.69. The molecule has 2 aromatic rings. The van der Waals surface area contributed by atoms with Gasteiger partial charge >= 0.3 is 0 Å². The molecule has 0 bridgehead atoms. The molecule has 5 heteroatoms. The fourth-order valence-electron chi connectivity index (χ4n) is 2.10. The Bertz CT molecular complexity index is 647. The van der Waals surface area contributed by atoms with Crippen LogP contribution in [0.15, 0.2) is 24.3 Å². The van der Waals surface area contributed by atoms with E-state index in [9.17, 15) is 0 Å². The van der Waals surface area contributed by atoms with Crippen molar-refractivity contribution in [1.82, 2.24) is 9.97 Å². The number of hydrazine groups is 1. The zero-order valence-corrected chi connectivity index (χ0v) is 13.2. The minimum absolute atomic E-state index is 0.0138. The standard InChI is InChI=1S/C16H22N4O/c1-10-6-7-12(16(3,4)5)13(8-10)21-14-9-11(2)18-15(19-14)20-17/h6-9H,17H2,1-5H3,(H,18,19,20). The lowest BCUT2D eigenvalue weighted by Gasteiger charge is -2.23. The number of hydrogen-bond donors (Lipinski definition) is 2. The maximum atomic E-state index is 5.99. The van der Waals surface area contributed by atoms with Crippen LogP contribution in [0.3, 0.4) is 0 Å². The van der Waals surface area contributed by atoms with Crippen LogP contribution in [-0.4, -0.2) is 9.97 Å². The van der Waals surface area contributed by atoms with Crippen molar-refractivity contribution < 1.29 is 4.74 Å². The predicted molar refractivity (Wildman–Crippen MR) is 84.5 cm³/mol. The summed E-state index contributed by atoms with van der Waals surface area (Å²) in [6, 6.07) is 8.00. The molecule has 0 aliphatic carbocycles. The highest BCUT2D eigenvalue weighted by molar-refractivity contribution is 5.43. The third kappa shape index (κ3) is 3.70. The van der Waals surface area contributed by atoms with Gasteiger partial charge in [0.1, 0.15) is 5.75 Å². The Balaban J connectivity index is 2.44. The molecule has 2 rings (SSSR count). The number of anilines is 1. The largest absolute Gasteiger partial charge is 0.439 e. The van der Waals surface area contributed by atoms with Crippen molar-refractivity contribution in [3.8, 4) is 11.6 Å². The number of nitrogens with two attached hydrogens (primary N) is 1. The number of ether oxygens (including phenoxy) is 1. The van der Waals surface area contributed by atoms with E-state index in [0.29, 0.717) is 11.8 Å².